The molecule has 1 amide bonds. The molecule has 0 radical (unpaired) electrons. The fourth-order valence-electron chi connectivity index (χ4n) is 2.67. The fourth-order valence-corrected chi connectivity index (χ4v) is 3.50. The molecule has 0 saturated carbocycles. The summed E-state index contributed by atoms with van der Waals surface area (Å²) in [6.07, 6.45) is 0. The topological polar surface area (TPSA) is 56.1 Å². The van der Waals surface area contributed by atoms with Crippen molar-refractivity contribution >= 4 is 28.7 Å². The first kappa shape index (κ1) is 17.5. The van der Waals surface area contributed by atoms with Crippen LogP contribution in [0.15, 0.2) is 59.8 Å². The number of para-hydroxylation sites is 3. The molecule has 1 atom stereocenters. The lowest BCUT2D eigenvalue weighted by molar-refractivity contribution is -0.119. The maximum atomic E-state index is 12.1. The molecule has 1 aromatic heterocycles. The summed E-state index contributed by atoms with van der Waals surface area (Å²) < 4.78 is 7.14. The zero-order chi connectivity index (χ0) is 17.6. The van der Waals surface area contributed by atoms with Crippen molar-refractivity contribution in [2.75, 3.05) is 19.5 Å². The SMILES string of the molecule is COCC(C)NC(=O)CSc1nc2ccccc2n1-c1ccccc1. The molecule has 0 saturated heterocycles. The highest BCUT2D eigenvalue weighted by Gasteiger charge is 2.15. The van der Waals surface area contributed by atoms with Crippen LogP contribution >= 0.6 is 11.8 Å². The van der Waals surface area contributed by atoms with Crippen molar-refractivity contribution in [2.45, 2.75) is 18.1 Å². The van der Waals surface area contributed by atoms with Crippen LogP contribution in [0.4, 0.5) is 0 Å². The maximum Gasteiger partial charge on any atom is 0.230 e. The van der Waals surface area contributed by atoms with Crippen molar-refractivity contribution in [2.24, 2.45) is 0 Å². The van der Waals surface area contributed by atoms with Crippen LogP contribution in [0.2, 0.25) is 0 Å². The van der Waals surface area contributed by atoms with Gasteiger partial charge in [-0.3, -0.25) is 9.36 Å². The van der Waals surface area contributed by atoms with Crippen LogP contribution in [0.5, 0.6) is 0 Å². The van der Waals surface area contributed by atoms with Gasteiger partial charge in [-0.05, 0) is 31.2 Å². The second-order valence-electron chi connectivity index (χ2n) is 5.77. The number of nitrogens with one attached hydrogen (secondary N) is 1. The molecule has 3 aromatic rings. The van der Waals surface area contributed by atoms with Crippen molar-refractivity contribution in [3.63, 3.8) is 0 Å². The molecular formula is C19H21N3O2S. The second kappa shape index (κ2) is 8.18. The third-order valence-corrected chi connectivity index (χ3v) is 4.64. The number of fused-ring (bicyclic) bond motifs is 1. The summed E-state index contributed by atoms with van der Waals surface area (Å²) >= 11 is 1.43. The largest absolute Gasteiger partial charge is 0.383 e. The quantitative estimate of drug-likeness (QED) is 0.661. The molecule has 0 fully saturated rings. The number of hydrogen-bond donors (Lipinski definition) is 1. The van der Waals surface area contributed by atoms with Crippen LogP contribution in [-0.2, 0) is 9.53 Å². The molecule has 0 aliphatic rings. The number of nitrogens with zero attached hydrogens (tertiary/aromatic N) is 2. The van der Waals surface area contributed by atoms with E-state index in [1.165, 1.54) is 11.8 Å². The lowest BCUT2D eigenvalue weighted by Crippen LogP contribution is -2.36. The third-order valence-electron chi connectivity index (χ3n) is 3.70. The number of imidazole rings is 1. The van der Waals surface area contributed by atoms with Gasteiger partial charge >= 0.3 is 0 Å². The van der Waals surface area contributed by atoms with Gasteiger partial charge in [0.05, 0.1) is 23.4 Å². The molecule has 2 aromatic carbocycles. The Balaban J connectivity index is 1.83. The van der Waals surface area contributed by atoms with Crippen LogP contribution < -0.4 is 5.32 Å². The number of methoxy groups -OCH3 is 1. The maximum absolute atomic E-state index is 12.1. The van der Waals surface area contributed by atoms with E-state index in [-0.39, 0.29) is 11.9 Å². The van der Waals surface area contributed by atoms with Crippen molar-refractivity contribution in [3.05, 3.63) is 54.6 Å². The van der Waals surface area contributed by atoms with Crippen molar-refractivity contribution in [3.8, 4) is 5.69 Å². The van der Waals surface area contributed by atoms with Gasteiger partial charge in [-0.1, -0.05) is 42.1 Å². The molecule has 3 rings (SSSR count). The number of carbonyl (C=O) groups excluding carboxylic acids is 1. The summed E-state index contributed by atoms with van der Waals surface area (Å²) in [5.41, 5.74) is 2.98. The number of amides is 1. The summed E-state index contributed by atoms with van der Waals surface area (Å²) in [6, 6.07) is 18.0. The van der Waals surface area contributed by atoms with Crippen LogP contribution in [0.1, 0.15) is 6.92 Å². The minimum Gasteiger partial charge on any atom is -0.383 e. The molecule has 5 nitrogen and oxygen atoms in total. The first-order chi connectivity index (χ1) is 12.2. The van der Waals surface area contributed by atoms with Gasteiger partial charge < -0.3 is 10.1 Å². The molecule has 25 heavy (non-hydrogen) atoms. The van der Waals surface area contributed by atoms with Gasteiger partial charge in [0.2, 0.25) is 5.91 Å². The monoisotopic (exact) mass is 355 g/mol. The van der Waals surface area contributed by atoms with Crippen molar-refractivity contribution in [1.29, 1.82) is 0 Å². The summed E-state index contributed by atoms with van der Waals surface area (Å²) in [5, 5.41) is 3.73. The number of ether oxygens (including phenoxy) is 1. The lowest BCUT2D eigenvalue weighted by atomic mass is 10.3. The molecule has 0 bridgehead atoms. The van der Waals surface area contributed by atoms with E-state index in [0.717, 1.165) is 21.9 Å². The molecule has 0 aliphatic carbocycles. The molecule has 0 spiro atoms. The van der Waals surface area contributed by atoms with E-state index in [4.69, 9.17) is 9.72 Å². The summed E-state index contributed by atoms with van der Waals surface area (Å²) in [6.45, 7) is 2.42. The Hall–Kier alpha value is -2.31. The lowest BCUT2D eigenvalue weighted by Gasteiger charge is -2.13. The van der Waals surface area contributed by atoms with Gasteiger partial charge in [0.25, 0.3) is 0 Å². The Morgan fingerprint density at radius 3 is 2.68 bits per heavy atom. The van der Waals surface area contributed by atoms with E-state index in [1.807, 2.05) is 61.5 Å². The zero-order valence-corrected chi connectivity index (χ0v) is 15.1. The molecule has 130 valence electrons. The fraction of sp³-hybridized carbons (Fsp3) is 0.263. The second-order valence-corrected chi connectivity index (χ2v) is 6.71. The highest BCUT2D eigenvalue weighted by Crippen LogP contribution is 2.27. The predicted octanol–water partition coefficient (Wildman–Crippen LogP) is 3.27. The van der Waals surface area contributed by atoms with Gasteiger partial charge in [-0.25, -0.2) is 4.98 Å². The number of aromatic nitrogens is 2. The first-order valence-electron chi connectivity index (χ1n) is 8.13. The van der Waals surface area contributed by atoms with Gasteiger partial charge in [0.15, 0.2) is 5.16 Å². The van der Waals surface area contributed by atoms with Gasteiger partial charge in [-0.2, -0.15) is 0 Å². The molecule has 1 heterocycles. The van der Waals surface area contributed by atoms with Crippen LogP contribution in [0.3, 0.4) is 0 Å². The van der Waals surface area contributed by atoms with Gasteiger partial charge in [0, 0.05) is 18.8 Å². The number of thioether (sulfide) groups is 1. The van der Waals surface area contributed by atoms with Gasteiger partial charge in [0.1, 0.15) is 0 Å². The molecular weight excluding hydrogens is 334 g/mol. The van der Waals surface area contributed by atoms with E-state index in [2.05, 4.69) is 9.88 Å². The smallest absolute Gasteiger partial charge is 0.230 e. The number of hydrogen-bond acceptors (Lipinski definition) is 4. The van der Waals surface area contributed by atoms with Crippen molar-refractivity contribution < 1.29 is 9.53 Å². The van der Waals surface area contributed by atoms with E-state index >= 15 is 0 Å². The summed E-state index contributed by atoms with van der Waals surface area (Å²) in [4.78, 5) is 16.8. The minimum atomic E-state index is -0.0267. The third kappa shape index (κ3) is 4.21. The summed E-state index contributed by atoms with van der Waals surface area (Å²) in [5.74, 6) is 0.283. The molecule has 0 aliphatic heterocycles. The molecule has 1 N–H and O–H groups in total. The zero-order valence-electron chi connectivity index (χ0n) is 14.3. The number of rotatable bonds is 7. The Morgan fingerprint density at radius 2 is 1.92 bits per heavy atom. The standard InChI is InChI=1S/C19H21N3O2S/c1-14(12-24-2)20-18(23)13-25-19-21-16-10-6-7-11-17(16)22(19)15-8-4-3-5-9-15/h3-11,14H,12-13H2,1-2H3,(H,20,23). The summed E-state index contributed by atoms with van der Waals surface area (Å²) in [7, 11) is 1.62. The number of carbonyl (C=O) groups is 1. The Morgan fingerprint density at radius 1 is 1.20 bits per heavy atom. The Bertz CT molecular complexity index is 848. The highest BCUT2D eigenvalue weighted by atomic mass is 32.2. The van der Waals surface area contributed by atoms with Crippen LogP contribution in [-0.4, -0.2) is 41.0 Å². The highest BCUT2D eigenvalue weighted by molar-refractivity contribution is 7.99. The van der Waals surface area contributed by atoms with E-state index in [0.29, 0.717) is 12.4 Å². The van der Waals surface area contributed by atoms with Gasteiger partial charge in [-0.15, -0.1) is 0 Å². The van der Waals surface area contributed by atoms with Crippen LogP contribution in [0, 0.1) is 0 Å². The van der Waals surface area contributed by atoms with E-state index in [9.17, 15) is 4.79 Å². The minimum absolute atomic E-state index is 0.00830. The predicted molar refractivity (Wildman–Crippen MR) is 101 cm³/mol. The van der Waals surface area contributed by atoms with Crippen molar-refractivity contribution in [1.82, 2.24) is 14.9 Å². The van der Waals surface area contributed by atoms with Crippen LogP contribution in [0.25, 0.3) is 16.7 Å². The average Bonchev–Trinajstić information content (AvgIpc) is 2.99. The first-order valence-corrected chi connectivity index (χ1v) is 9.11. The Kier molecular flexibility index (Phi) is 5.73. The normalized spacial score (nSPS) is 12.2. The van der Waals surface area contributed by atoms with E-state index < -0.39 is 0 Å². The molecule has 1 unspecified atom stereocenters. The Labute approximate surface area is 151 Å². The number of benzene rings is 2. The van der Waals surface area contributed by atoms with E-state index in [1.54, 1.807) is 7.11 Å². The average molecular weight is 355 g/mol. The molecule has 6 heteroatoms.